The lowest BCUT2D eigenvalue weighted by molar-refractivity contribution is 0.0465. The van der Waals surface area contributed by atoms with Crippen molar-refractivity contribution in [3.63, 3.8) is 0 Å². The average molecular weight is 376 g/mol. The molecule has 0 aliphatic rings. The van der Waals surface area contributed by atoms with Crippen LogP contribution in [0.25, 0.3) is 0 Å². The van der Waals surface area contributed by atoms with E-state index in [9.17, 15) is 18.0 Å². The molecular weight excluding hydrogens is 356 g/mol. The fourth-order valence-electron chi connectivity index (χ4n) is 2.39. The van der Waals surface area contributed by atoms with Gasteiger partial charge in [0.05, 0.1) is 23.3 Å². The minimum absolute atomic E-state index is 0.0176. The van der Waals surface area contributed by atoms with Crippen LogP contribution in [0.3, 0.4) is 0 Å². The number of hydrogen-bond donors (Lipinski definition) is 0. The molecule has 0 saturated heterocycles. The molecule has 0 radical (unpaired) electrons. The number of rotatable bonds is 7. The third kappa shape index (κ3) is 4.29. The van der Waals surface area contributed by atoms with Crippen LogP contribution in [-0.4, -0.2) is 33.0 Å². The van der Waals surface area contributed by atoms with Crippen LogP contribution in [0.2, 0.25) is 0 Å². The number of hydrogen-bond acceptors (Lipinski definition) is 6. The largest absolute Gasteiger partial charge is 0.496 e. The number of benzene rings is 2. The maximum absolute atomic E-state index is 12.4. The molecule has 0 N–H and O–H groups in total. The zero-order valence-corrected chi connectivity index (χ0v) is 15.6. The molecule has 7 heteroatoms. The number of carbonyl (C=O) groups excluding carboxylic acids is 2. The quantitative estimate of drug-likeness (QED) is 0.545. The van der Waals surface area contributed by atoms with Crippen molar-refractivity contribution in [1.29, 1.82) is 0 Å². The molecule has 2 rings (SSSR count). The van der Waals surface area contributed by atoms with Gasteiger partial charge in [-0.25, -0.2) is 13.2 Å². The fraction of sp³-hybridized carbons (Fsp3) is 0.263. The standard InChI is InChI=1S/C19H20O6S/c1-4-26(22,23)18-8-6-5-7-16(18)19(21)25-12-15-11-14(13(2)20)9-10-17(15)24-3/h5-11H,4,12H2,1-3H3. The van der Waals surface area contributed by atoms with Crippen molar-refractivity contribution in [2.24, 2.45) is 0 Å². The molecule has 2 aromatic carbocycles. The molecule has 0 aliphatic heterocycles. The van der Waals surface area contributed by atoms with E-state index in [2.05, 4.69) is 0 Å². The normalized spacial score (nSPS) is 11.0. The second-order valence-electron chi connectivity index (χ2n) is 5.56. The summed E-state index contributed by atoms with van der Waals surface area (Å²) in [6, 6.07) is 10.7. The summed E-state index contributed by atoms with van der Waals surface area (Å²) in [4.78, 5) is 23.9. The second-order valence-corrected chi connectivity index (χ2v) is 7.81. The molecule has 6 nitrogen and oxygen atoms in total. The Balaban J connectivity index is 2.28. The Bertz CT molecular complexity index is 931. The molecule has 0 aliphatic carbocycles. The maximum atomic E-state index is 12.4. The van der Waals surface area contributed by atoms with Gasteiger partial charge in [0.2, 0.25) is 0 Å². The van der Waals surface area contributed by atoms with Gasteiger partial charge in [-0.1, -0.05) is 19.1 Å². The molecule has 0 unspecified atom stereocenters. The molecule has 0 fully saturated rings. The molecule has 26 heavy (non-hydrogen) atoms. The highest BCUT2D eigenvalue weighted by Gasteiger charge is 2.22. The van der Waals surface area contributed by atoms with Gasteiger partial charge in [-0.2, -0.15) is 0 Å². The Kier molecular flexibility index (Phi) is 6.15. The summed E-state index contributed by atoms with van der Waals surface area (Å²) < 4.78 is 34.8. The van der Waals surface area contributed by atoms with Crippen LogP contribution in [0.15, 0.2) is 47.4 Å². The summed E-state index contributed by atoms with van der Waals surface area (Å²) in [5.74, 6) is -0.532. The molecular formula is C19H20O6S. The molecule has 0 heterocycles. The zero-order valence-electron chi connectivity index (χ0n) is 14.8. The van der Waals surface area contributed by atoms with E-state index in [1.807, 2.05) is 0 Å². The lowest BCUT2D eigenvalue weighted by Gasteiger charge is -2.12. The van der Waals surface area contributed by atoms with Gasteiger partial charge in [0.1, 0.15) is 12.4 Å². The van der Waals surface area contributed by atoms with Crippen molar-refractivity contribution < 1.29 is 27.5 Å². The number of carbonyl (C=O) groups is 2. The first-order valence-electron chi connectivity index (χ1n) is 7.97. The van der Waals surface area contributed by atoms with E-state index in [4.69, 9.17) is 9.47 Å². The fourth-order valence-corrected chi connectivity index (χ4v) is 3.48. The number of sulfone groups is 1. The van der Waals surface area contributed by atoms with E-state index in [1.165, 1.54) is 33.1 Å². The van der Waals surface area contributed by atoms with E-state index in [0.29, 0.717) is 16.9 Å². The lowest BCUT2D eigenvalue weighted by atomic mass is 10.1. The minimum Gasteiger partial charge on any atom is -0.496 e. The van der Waals surface area contributed by atoms with E-state index in [-0.39, 0.29) is 28.6 Å². The monoisotopic (exact) mass is 376 g/mol. The van der Waals surface area contributed by atoms with Crippen LogP contribution in [0.1, 0.15) is 40.1 Å². The number of esters is 1. The van der Waals surface area contributed by atoms with Crippen LogP contribution in [-0.2, 0) is 21.2 Å². The van der Waals surface area contributed by atoms with Crippen molar-refractivity contribution in [2.75, 3.05) is 12.9 Å². The van der Waals surface area contributed by atoms with Gasteiger partial charge >= 0.3 is 5.97 Å². The predicted molar refractivity (Wildman–Crippen MR) is 96.3 cm³/mol. The van der Waals surface area contributed by atoms with Gasteiger partial charge in [0.15, 0.2) is 15.6 Å². The van der Waals surface area contributed by atoms with Crippen LogP contribution >= 0.6 is 0 Å². The van der Waals surface area contributed by atoms with Crippen LogP contribution in [0.4, 0.5) is 0 Å². The molecule has 0 atom stereocenters. The topological polar surface area (TPSA) is 86.7 Å². The van der Waals surface area contributed by atoms with E-state index in [1.54, 1.807) is 30.3 Å². The predicted octanol–water partition coefficient (Wildman–Crippen LogP) is 3.05. The molecule has 0 aromatic heterocycles. The third-order valence-corrected chi connectivity index (χ3v) is 5.65. The van der Waals surface area contributed by atoms with Gasteiger partial charge in [-0.3, -0.25) is 4.79 Å². The summed E-state index contributed by atoms with van der Waals surface area (Å²) in [5.41, 5.74) is 0.964. The molecule has 0 amide bonds. The lowest BCUT2D eigenvalue weighted by Crippen LogP contribution is -2.13. The molecule has 0 saturated carbocycles. The highest BCUT2D eigenvalue weighted by molar-refractivity contribution is 7.91. The van der Waals surface area contributed by atoms with E-state index >= 15 is 0 Å². The first-order chi connectivity index (χ1) is 12.3. The summed E-state index contributed by atoms with van der Waals surface area (Å²) >= 11 is 0. The van der Waals surface area contributed by atoms with Gasteiger partial charge in [-0.15, -0.1) is 0 Å². The number of methoxy groups -OCH3 is 1. The van der Waals surface area contributed by atoms with E-state index < -0.39 is 15.8 Å². The van der Waals surface area contributed by atoms with Gasteiger partial charge in [0.25, 0.3) is 0 Å². The molecule has 2 aromatic rings. The van der Waals surface area contributed by atoms with Gasteiger partial charge in [0, 0.05) is 11.1 Å². The average Bonchev–Trinajstić information content (AvgIpc) is 2.65. The highest BCUT2D eigenvalue weighted by Crippen LogP contribution is 2.23. The Hall–Kier alpha value is -2.67. The number of ether oxygens (including phenoxy) is 2. The Morgan fingerprint density at radius 3 is 2.38 bits per heavy atom. The summed E-state index contributed by atoms with van der Waals surface area (Å²) in [6.45, 7) is 2.79. The second kappa shape index (κ2) is 8.14. The smallest absolute Gasteiger partial charge is 0.339 e. The summed E-state index contributed by atoms with van der Waals surface area (Å²) in [5, 5.41) is 0. The van der Waals surface area contributed by atoms with Crippen molar-refractivity contribution in [3.05, 3.63) is 59.2 Å². The Labute approximate surface area is 152 Å². The maximum Gasteiger partial charge on any atom is 0.339 e. The van der Waals surface area contributed by atoms with Crippen LogP contribution in [0.5, 0.6) is 5.75 Å². The van der Waals surface area contributed by atoms with Gasteiger partial charge < -0.3 is 9.47 Å². The highest BCUT2D eigenvalue weighted by atomic mass is 32.2. The number of ketones is 1. The van der Waals surface area contributed by atoms with Crippen molar-refractivity contribution in [1.82, 2.24) is 0 Å². The zero-order chi connectivity index (χ0) is 19.3. The van der Waals surface area contributed by atoms with E-state index in [0.717, 1.165) is 0 Å². The van der Waals surface area contributed by atoms with Gasteiger partial charge in [-0.05, 0) is 37.3 Å². The first-order valence-corrected chi connectivity index (χ1v) is 9.62. The summed E-state index contributed by atoms with van der Waals surface area (Å²) in [6.07, 6.45) is 0. The molecule has 0 spiro atoms. The van der Waals surface area contributed by atoms with Crippen LogP contribution in [0, 0.1) is 0 Å². The van der Waals surface area contributed by atoms with Crippen LogP contribution < -0.4 is 4.74 Å². The minimum atomic E-state index is -3.56. The Morgan fingerprint density at radius 1 is 1.08 bits per heavy atom. The SMILES string of the molecule is CCS(=O)(=O)c1ccccc1C(=O)OCc1cc(C(C)=O)ccc1OC. The summed E-state index contributed by atoms with van der Waals surface area (Å²) in [7, 11) is -2.09. The number of Topliss-reactive ketones (excluding diaryl/α,β-unsaturated/α-hetero) is 1. The van der Waals surface area contributed by atoms with Crippen molar-refractivity contribution in [3.8, 4) is 5.75 Å². The van der Waals surface area contributed by atoms with Crippen molar-refractivity contribution >= 4 is 21.6 Å². The third-order valence-electron chi connectivity index (χ3n) is 3.87. The molecule has 138 valence electrons. The molecule has 0 bridgehead atoms. The van der Waals surface area contributed by atoms with Crippen molar-refractivity contribution in [2.45, 2.75) is 25.3 Å². The first kappa shape index (κ1) is 19.7. The Morgan fingerprint density at radius 2 is 1.77 bits per heavy atom.